The molecule has 0 amide bonds. The van der Waals surface area contributed by atoms with E-state index in [2.05, 4.69) is 25.9 Å². The zero-order chi connectivity index (χ0) is 15.5. The van der Waals surface area contributed by atoms with Gasteiger partial charge in [-0.25, -0.2) is 4.98 Å². The summed E-state index contributed by atoms with van der Waals surface area (Å²) in [5, 5.41) is 0. The van der Waals surface area contributed by atoms with Crippen molar-refractivity contribution in [1.29, 1.82) is 0 Å². The molecule has 0 unspecified atom stereocenters. The zero-order valence-electron chi connectivity index (χ0n) is 13.0. The third kappa shape index (κ3) is 3.35. The highest BCUT2D eigenvalue weighted by Crippen LogP contribution is 2.19. The van der Waals surface area contributed by atoms with Gasteiger partial charge < -0.3 is 9.72 Å². The van der Waals surface area contributed by atoms with Crippen molar-refractivity contribution in [2.45, 2.75) is 25.5 Å². The van der Waals surface area contributed by atoms with Crippen molar-refractivity contribution in [3.05, 3.63) is 54.6 Å². The summed E-state index contributed by atoms with van der Waals surface area (Å²) in [6, 6.07) is 12.0. The molecule has 0 saturated carbocycles. The Morgan fingerprint density at radius 3 is 2.78 bits per heavy atom. The van der Waals surface area contributed by atoms with Crippen LogP contribution in [0.25, 0.3) is 11.0 Å². The SMILES string of the molecule is c1cncc(OC2CCN(Cc3nc4ccccc4[nH]3)CC2)c1. The van der Waals surface area contributed by atoms with Gasteiger partial charge in [0, 0.05) is 19.3 Å². The van der Waals surface area contributed by atoms with Gasteiger partial charge in [0.05, 0.1) is 23.8 Å². The van der Waals surface area contributed by atoms with Gasteiger partial charge in [-0.2, -0.15) is 0 Å². The molecule has 4 rings (SSSR count). The molecule has 1 aliphatic rings. The van der Waals surface area contributed by atoms with Gasteiger partial charge >= 0.3 is 0 Å². The number of imidazole rings is 1. The number of rotatable bonds is 4. The van der Waals surface area contributed by atoms with Crippen molar-refractivity contribution in [2.24, 2.45) is 0 Å². The third-order valence-corrected chi connectivity index (χ3v) is 4.28. The van der Waals surface area contributed by atoms with E-state index in [-0.39, 0.29) is 6.10 Å². The van der Waals surface area contributed by atoms with Crippen LogP contribution in [0.1, 0.15) is 18.7 Å². The molecule has 0 aliphatic carbocycles. The lowest BCUT2D eigenvalue weighted by atomic mass is 10.1. The van der Waals surface area contributed by atoms with Crippen molar-refractivity contribution in [3.8, 4) is 5.75 Å². The number of hydrogen-bond donors (Lipinski definition) is 1. The Labute approximate surface area is 135 Å². The standard InChI is InChI=1S/C18H20N4O/c1-2-6-17-16(5-1)20-18(21-17)13-22-10-7-14(8-11-22)23-15-4-3-9-19-12-15/h1-6,9,12,14H,7-8,10-11,13H2,(H,20,21). The van der Waals surface area contributed by atoms with Crippen molar-refractivity contribution in [2.75, 3.05) is 13.1 Å². The predicted octanol–water partition coefficient (Wildman–Crippen LogP) is 3.00. The largest absolute Gasteiger partial charge is 0.489 e. The van der Waals surface area contributed by atoms with Crippen LogP contribution in [0.15, 0.2) is 48.8 Å². The summed E-state index contributed by atoms with van der Waals surface area (Å²) in [5.41, 5.74) is 2.15. The van der Waals surface area contributed by atoms with Gasteiger partial charge in [0.2, 0.25) is 0 Å². The number of aromatic nitrogens is 3. The number of likely N-dealkylation sites (tertiary alicyclic amines) is 1. The van der Waals surface area contributed by atoms with Crippen LogP contribution in [-0.2, 0) is 6.54 Å². The minimum Gasteiger partial charge on any atom is -0.489 e. The summed E-state index contributed by atoms with van der Waals surface area (Å²) in [7, 11) is 0. The summed E-state index contributed by atoms with van der Waals surface area (Å²) in [4.78, 5) is 14.6. The van der Waals surface area contributed by atoms with Gasteiger partial charge in [-0.1, -0.05) is 12.1 Å². The molecule has 0 atom stereocenters. The van der Waals surface area contributed by atoms with E-state index in [9.17, 15) is 0 Å². The fraction of sp³-hybridized carbons (Fsp3) is 0.333. The molecule has 2 aromatic heterocycles. The molecule has 23 heavy (non-hydrogen) atoms. The summed E-state index contributed by atoms with van der Waals surface area (Å²) in [6.45, 7) is 2.93. The van der Waals surface area contributed by atoms with E-state index in [1.807, 2.05) is 30.3 Å². The highest BCUT2D eigenvalue weighted by molar-refractivity contribution is 5.74. The first-order valence-electron chi connectivity index (χ1n) is 8.09. The normalized spacial score (nSPS) is 16.7. The van der Waals surface area contributed by atoms with Crippen molar-refractivity contribution >= 4 is 11.0 Å². The van der Waals surface area contributed by atoms with Gasteiger partial charge in [0.25, 0.3) is 0 Å². The van der Waals surface area contributed by atoms with E-state index in [1.54, 1.807) is 12.4 Å². The van der Waals surface area contributed by atoms with Gasteiger partial charge in [0.15, 0.2) is 0 Å². The number of aromatic amines is 1. The number of ether oxygens (including phenoxy) is 1. The van der Waals surface area contributed by atoms with E-state index in [0.29, 0.717) is 0 Å². The molecule has 3 aromatic rings. The number of nitrogens with zero attached hydrogens (tertiary/aromatic N) is 3. The second-order valence-electron chi connectivity index (χ2n) is 5.98. The zero-order valence-corrected chi connectivity index (χ0v) is 13.0. The number of hydrogen-bond acceptors (Lipinski definition) is 4. The van der Waals surface area contributed by atoms with Crippen LogP contribution in [0.5, 0.6) is 5.75 Å². The third-order valence-electron chi connectivity index (χ3n) is 4.28. The average molecular weight is 308 g/mol. The lowest BCUT2D eigenvalue weighted by molar-refractivity contribution is 0.0953. The van der Waals surface area contributed by atoms with Crippen LogP contribution < -0.4 is 4.74 Å². The Hall–Kier alpha value is -2.40. The van der Waals surface area contributed by atoms with Gasteiger partial charge in [-0.05, 0) is 37.1 Å². The van der Waals surface area contributed by atoms with Crippen LogP contribution in [0, 0.1) is 0 Å². The summed E-state index contributed by atoms with van der Waals surface area (Å²) in [5.74, 6) is 1.90. The van der Waals surface area contributed by atoms with Crippen LogP contribution in [-0.4, -0.2) is 39.0 Å². The molecule has 0 spiro atoms. The number of fused-ring (bicyclic) bond motifs is 1. The molecular weight excluding hydrogens is 288 g/mol. The maximum atomic E-state index is 5.99. The molecule has 1 N–H and O–H groups in total. The van der Waals surface area contributed by atoms with Crippen LogP contribution >= 0.6 is 0 Å². The van der Waals surface area contributed by atoms with E-state index < -0.39 is 0 Å². The monoisotopic (exact) mass is 308 g/mol. The smallest absolute Gasteiger partial charge is 0.137 e. The molecular formula is C18H20N4O. The average Bonchev–Trinajstić information content (AvgIpc) is 3.00. The first-order chi connectivity index (χ1) is 11.4. The molecule has 1 aromatic carbocycles. The van der Waals surface area contributed by atoms with E-state index in [1.165, 1.54) is 0 Å². The second-order valence-corrected chi connectivity index (χ2v) is 5.98. The molecule has 1 aliphatic heterocycles. The Balaban J connectivity index is 1.32. The van der Waals surface area contributed by atoms with E-state index in [4.69, 9.17) is 4.74 Å². The molecule has 1 saturated heterocycles. The van der Waals surface area contributed by atoms with Crippen LogP contribution in [0.2, 0.25) is 0 Å². The van der Waals surface area contributed by atoms with Crippen molar-refractivity contribution in [1.82, 2.24) is 19.9 Å². The van der Waals surface area contributed by atoms with Crippen LogP contribution in [0.3, 0.4) is 0 Å². The molecule has 118 valence electrons. The maximum absolute atomic E-state index is 5.99. The minimum absolute atomic E-state index is 0.283. The van der Waals surface area contributed by atoms with Gasteiger partial charge in [-0.3, -0.25) is 9.88 Å². The number of benzene rings is 1. The second kappa shape index (κ2) is 6.38. The molecule has 5 nitrogen and oxygen atoms in total. The predicted molar refractivity (Wildman–Crippen MR) is 89.3 cm³/mol. The van der Waals surface area contributed by atoms with Gasteiger partial charge in [0.1, 0.15) is 17.7 Å². The summed E-state index contributed by atoms with van der Waals surface area (Å²) < 4.78 is 5.99. The molecule has 5 heteroatoms. The number of para-hydroxylation sites is 2. The molecule has 1 fully saturated rings. The lowest BCUT2D eigenvalue weighted by Crippen LogP contribution is -2.38. The number of nitrogens with one attached hydrogen (secondary N) is 1. The highest BCUT2D eigenvalue weighted by Gasteiger charge is 2.21. The van der Waals surface area contributed by atoms with Crippen LogP contribution in [0.4, 0.5) is 0 Å². The fourth-order valence-electron chi connectivity index (χ4n) is 3.09. The van der Waals surface area contributed by atoms with Crippen molar-refractivity contribution in [3.63, 3.8) is 0 Å². The Bertz CT molecular complexity index is 730. The summed E-state index contributed by atoms with van der Waals surface area (Å²) in [6.07, 6.45) is 5.90. The maximum Gasteiger partial charge on any atom is 0.137 e. The Morgan fingerprint density at radius 2 is 2.00 bits per heavy atom. The Kier molecular flexibility index (Phi) is 3.94. The minimum atomic E-state index is 0.283. The first kappa shape index (κ1) is 14.2. The number of H-pyrrole nitrogens is 1. The highest BCUT2D eigenvalue weighted by atomic mass is 16.5. The first-order valence-corrected chi connectivity index (χ1v) is 8.09. The van der Waals surface area contributed by atoms with Gasteiger partial charge in [-0.15, -0.1) is 0 Å². The van der Waals surface area contributed by atoms with E-state index in [0.717, 1.165) is 55.1 Å². The molecule has 3 heterocycles. The fourth-order valence-corrected chi connectivity index (χ4v) is 3.09. The number of piperidine rings is 1. The van der Waals surface area contributed by atoms with E-state index >= 15 is 0 Å². The van der Waals surface area contributed by atoms with Crippen molar-refractivity contribution < 1.29 is 4.74 Å². The Morgan fingerprint density at radius 1 is 1.13 bits per heavy atom. The molecule has 0 radical (unpaired) electrons. The number of pyridine rings is 1. The lowest BCUT2D eigenvalue weighted by Gasteiger charge is -2.31. The molecule has 0 bridgehead atoms. The topological polar surface area (TPSA) is 54.0 Å². The quantitative estimate of drug-likeness (QED) is 0.805. The summed E-state index contributed by atoms with van der Waals surface area (Å²) >= 11 is 0.